The first kappa shape index (κ1) is 18.9. The molecule has 3 rings (SSSR count). The van der Waals surface area contributed by atoms with Crippen molar-refractivity contribution in [3.05, 3.63) is 30.0 Å². The van der Waals surface area contributed by atoms with E-state index < -0.39 is 0 Å². The lowest BCUT2D eigenvalue weighted by atomic mass is 10.2. The molecule has 2 aromatic rings. The van der Waals surface area contributed by atoms with Crippen LogP contribution in [-0.2, 0) is 6.54 Å². The Labute approximate surface area is 156 Å². The fraction of sp³-hybridized carbons (Fsp3) is 0.600. The summed E-state index contributed by atoms with van der Waals surface area (Å²) in [6, 6.07) is 7.93. The number of para-hydroxylation sites is 1. The van der Waals surface area contributed by atoms with Crippen molar-refractivity contribution in [2.24, 2.45) is 0 Å². The van der Waals surface area contributed by atoms with E-state index in [9.17, 15) is 4.79 Å². The molecule has 0 unspecified atom stereocenters. The first-order valence-electron chi connectivity index (χ1n) is 9.91. The van der Waals surface area contributed by atoms with Gasteiger partial charge in [-0.25, -0.2) is 0 Å². The molecule has 0 aliphatic carbocycles. The van der Waals surface area contributed by atoms with Gasteiger partial charge in [-0.05, 0) is 26.0 Å². The normalized spacial score (nSPS) is 16.2. The Balaban J connectivity index is 1.48. The van der Waals surface area contributed by atoms with Crippen molar-refractivity contribution in [2.45, 2.75) is 33.2 Å². The number of rotatable bonds is 8. The zero-order valence-corrected chi connectivity index (χ0v) is 16.1. The van der Waals surface area contributed by atoms with Gasteiger partial charge in [0.05, 0.1) is 5.52 Å². The van der Waals surface area contributed by atoms with Gasteiger partial charge >= 0.3 is 0 Å². The zero-order valence-electron chi connectivity index (χ0n) is 16.1. The van der Waals surface area contributed by atoms with Gasteiger partial charge in [-0.15, -0.1) is 0 Å². The van der Waals surface area contributed by atoms with Crippen LogP contribution in [0.1, 0.15) is 37.2 Å². The van der Waals surface area contributed by atoms with Crippen molar-refractivity contribution < 1.29 is 4.79 Å². The fourth-order valence-electron chi connectivity index (χ4n) is 3.57. The van der Waals surface area contributed by atoms with Gasteiger partial charge in [-0.3, -0.25) is 14.4 Å². The van der Waals surface area contributed by atoms with Gasteiger partial charge in [0, 0.05) is 51.2 Å². The van der Waals surface area contributed by atoms with Gasteiger partial charge in [-0.2, -0.15) is 5.10 Å². The molecule has 0 spiro atoms. The summed E-state index contributed by atoms with van der Waals surface area (Å²) in [7, 11) is 0. The number of aromatic nitrogens is 2. The lowest BCUT2D eigenvalue weighted by molar-refractivity contribution is 0.0932. The number of nitrogens with zero attached hydrogens (tertiary/aromatic N) is 4. The molecule has 2 heterocycles. The molecule has 1 aromatic carbocycles. The van der Waals surface area contributed by atoms with Crippen molar-refractivity contribution in [2.75, 3.05) is 45.8 Å². The number of hydrogen-bond donors (Lipinski definition) is 1. The SMILES string of the molecule is CCCCN1CCN(CCNC(=O)c2nn(CC)c3ccccc23)CC1. The first-order valence-corrected chi connectivity index (χ1v) is 9.91. The molecule has 6 nitrogen and oxygen atoms in total. The third-order valence-corrected chi connectivity index (χ3v) is 5.18. The highest BCUT2D eigenvalue weighted by Gasteiger charge is 2.18. The minimum Gasteiger partial charge on any atom is -0.349 e. The van der Waals surface area contributed by atoms with Crippen LogP contribution in [0.2, 0.25) is 0 Å². The molecule has 1 aromatic heterocycles. The van der Waals surface area contributed by atoms with Gasteiger partial charge in [0.2, 0.25) is 0 Å². The summed E-state index contributed by atoms with van der Waals surface area (Å²) >= 11 is 0. The van der Waals surface area contributed by atoms with Gasteiger partial charge in [0.25, 0.3) is 5.91 Å². The predicted molar refractivity (Wildman–Crippen MR) is 106 cm³/mol. The highest BCUT2D eigenvalue weighted by atomic mass is 16.1. The Morgan fingerprint density at radius 3 is 2.46 bits per heavy atom. The zero-order chi connectivity index (χ0) is 18.4. The molecule has 1 aliphatic rings. The quantitative estimate of drug-likeness (QED) is 0.787. The third kappa shape index (κ3) is 4.43. The maximum Gasteiger partial charge on any atom is 0.272 e. The van der Waals surface area contributed by atoms with E-state index in [2.05, 4.69) is 27.1 Å². The van der Waals surface area contributed by atoms with Crippen molar-refractivity contribution in [1.82, 2.24) is 24.9 Å². The Morgan fingerprint density at radius 1 is 1.08 bits per heavy atom. The highest BCUT2D eigenvalue weighted by molar-refractivity contribution is 6.04. The van der Waals surface area contributed by atoms with E-state index in [4.69, 9.17) is 0 Å². The van der Waals surface area contributed by atoms with E-state index in [1.54, 1.807) is 0 Å². The summed E-state index contributed by atoms with van der Waals surface area (Å²) in [5, 5.41) is 8.47. The Morgan fingerprint density at radius 2 is 1.77 bits per heavy atom. The molecule has 1 amide bonds. The summed E-state index contributed by atoms with van der Waals surface area (Å²) in [6.45, 7) is 12.3. The van der Waals surface area contributed by atoms with Crippen LogP contribution in [-0.4, -0.2) is 71.3 Å². The molecular weight excluding hydrogens is 326 g/mol. The van der Waals surface area contributed by atoms with Gasteiger partial charge in [0.1, 0.15) is 0 Å². The molecule has 26 heavy (non-hydrogen) atoms. The molecule has 1 fully saturated rings. The second-order valence-corrected chi connectivity index (χ2v) is 6.97. The van der Waals surface area contributed by atoms with Crippen molar-refractivity contribution in [1.29, 1.82) is 0 Å². The van der Waals surface area contributed by atoms with Gasteiger partial charge in [-0.1, -0.05) is 31.5 Å². The minimum atomic E-state index is -0.0741. The standard InChI is InChI=1S/C20H31N5O/c1-3-5-11-23-13-15-24(16-14-23)12-10-21-20(26)19-17-8-6-7-9-18(17)25(4-2)22-19/h6-9H,3-5,10-16H2,1-2H3,(H,21,26). The predicted octanol–water partition coefficient (Wildman–Crippen LogP) is 2.20. The first-order chi connectivity index (χ1) is 12.7. The molecule has 0 radical (unpaired) electrons. The topological polar surface area (TPSA) is 53.4 Å². The second kappa shape index (κ2) is 9.14. The fourth-order valence-corrected chi connectivity index (χ4v) is 3.57. The maximum atomic E-state index is 12.6. The van der Waals surface area contributed by atoms with Crippen LogP contribution < -0.4 is 5.32 Å². The molecule has 0 saturated carbocycles. The van der Waals surface area contributed by atoms with E-state index in [0.29, 0.717) is 12.2 Å². The summed E-state index contributed by atoms with van der Waals surface area (Å²) in [5.74, 6) is -0.0741. The second-order valence-electron chi connectivity index (χ2n) is 6.97. The van der Waals surface area contributed by atoms with E-state index in [-0.39, 0.29) is 5.91 Å². The third-order valence-electron chi connectivity index (χ3n) is 5.18. The van der Waals surface area contributed by atoms with Crippen molar-refractivity contribution in [3.8, 4) is 0 Å². The largest absolute Gasteiger partial charge is 0.349 e. The molecule has 1 saturated heterocycles. The van der Waals surface area contributed by atoms with Crippen LogP contribution in [0.25, 0.3) is 10.9 Å². The van der Waals surface area contributed by atoms with Crippen molar-refractivity contribution >= 4 is 16.8 Å². The summed E-state index contributed by atoms with van der Waals surface area (Å²) < 4.78 is 1.89. The number of carbonyl (C=O) groups is 1. The van der Waals surface area contributed by atoms with Crippen molar-refractivity contribution in [3.63, 3.8) is 0 Å². The molecule has 142 valence electrons. The average Bonchev–Trinajstić information content (AvgIpc) is 3.06. The van der Waals surface area contributed by atoms with E-state index in [1.807, 2.05) is 35.9 Å². The lowest BCUT2D eigenvalue weighted by Gasteiger charge is -2.34. The summed E-state index contributed by atoms with van der Waals surface area (Å²) in [5.41, 5.74) is 1.55. The van der Waals surface area contributed by atoms with E-state index in [0.717, 1.165) is 50.2 Å². The van der Waals surface area contributed by atoms with Crippen LogP contribution in [0.15, 0.2) is 24.3 Å². The molecule has 6 heteroatoms. The number of piperazine rings is 1. The molecule has 1 aliphatic heterocycles. The Hall–Kier alpha value is -1.92. The molecule has 1 N–H and O–H groups in total. The van der Waals surface area contributed by atoms with Crippen LogP contribution in [0.5, 0.6) is 0 Å². The number of aryl methyl sites for hydroxylation is 1. The minimum absolute atomic E-state index is 0.0741. The number of benzene rings is 1. The monoisotopic (exact) mass is 357 g/mol. The molecule has 0 atom stereocenters. The number of nitrogens with one attached hydrogen (secondary N) is 1. The van der Waals surface area contributed by atoms with E-state index in [1.165, 1.54) is 19.4 Å². The van der Waals surface area contributed by atoms with Crippen LogP contribution in [0.4, 0.5) is 0 Å². The molecule has 0 bridgehead atoms. The lowest BCUT2D eigenvalue weighted by Crippen LogP contribution is -2.48. The highest BCUT2D eigenvalue weighted by Crippen LogP contribution is 2.18. The summed E-state index contributed by atoms with van der Waals surface area (Å²) in [6.07, 6.45) is 2.54. The van der Waals surface area contributed by atoms with E-state index >= 15 is 0 Å². The van der Waals surface area contributed by atoms with Crippen LogP contribution >= 0.6 is 0 Å². The van der Waals surface area contributed by atoms with Crippen LogP contribution in [0, 0.1) is 0 Å². The summed E-state index contributed by atoms with van der Waals surface area (Å²) in [4.78, 5) is 17.6. The van der Waals surface area contributed by atoms with Crippen LogP contribution in [0.3, 0.4) is 0 Å². The number of unbranched alkanes of at least 4 members (excludes halogenated alkanes) is 1. The van der Waals surface area contributed by atoms with Gasteiger partial charge in [0.15, 0.2) is 5.69 Å². The number of carbonyl (C=O) groups excluding carboxylic acids is 1. The number of hydrogen-bond acceptors (Lipinski definition) is 4. The maximum absolute atomic E-state index is 12.6. The Kier molecular flexibility index (Phi) is 6.63. The smallest absolute Gasteiger partial charge is 0.272 e. The Bertz CT molecular complexity index is 718. The number of amides is 1. The number of fused-ring (bicyclic) bond motifs is 1. The van der Waals surface area contributed by atoms with Gasteiger partial charge < -0.3 is 10.2 Å². The average molecular weight is 358 g/mol. The molecular formula is C20H31N5O.